The zero-order valence-corrected chi connectivity index (χ0v) is 12.0. The maximum Gasteiger partial charge on any atom is 0.224 e. The first kappa shape index (κ1) is 15.5. The molecular formula is C15H24N2O2. The van der Waals surface area contributed by atoms with E-state index in [4.69, 9.17) is 0 Å². The Hall–Kier alpha value is -1.55. The smallest absolute Gasteiger partial charge is 0.224 e. The molecule has 3 N–H and O–H groups in total. The van der Waals surface area contributed by atoms with Gasteiger partial charge in [-0.05, 0) is 24.1 Å². The summed E-state index contributed by atoms with van der Waals surface area (Å²) < 4.78 is 0. The second kappa shape index (κ2) is 7.14. The van der Waals surface area contributed by atoms with Crippen molar-refractivity contribution in [3.63, 3.8) is 0 Å². The Morgan fingerprint density at radius 3 is 2.42 bits per heavy atom. The van der Waals surface area contributed by atoms with E-state index >= 15 is 0 Å². The number of carbonyl (C=O) groups excluding carboxylic acids is 1. The minimum absolute atomic E-state index is 0.0135. The van der Waals surface area contributed by atoms with Crippen molar-refractivity contribution in [2.24, 2.45) is 5.41 Å². The predicted octanol–water partition coefficient (Wildman–Crippen LogP) is 1.80. The van der Waals surface area contributed by atoms with Gasteiger partial charge in [-0.2, -0.15) is 0 Å². The third-order valence-electron chi connectivity index (χ3n) is 3.55. The molecule has 1 rings (SSSR count). The van der Waals surface area contributed by atoms with Crippen LogP contribution in [-0.2, 0) is 11.2 Å². The van der Waals surface area contributed by atoms with E-state index in [1.165, 1.54) is 0 Å². The molecular weight excluding hydrogens is 240 g/mol. The number of benzene rings is 1. The van der Waals surface area contributed by atoms with Gasteiger partial charge in [-0.25, -0.2) is 0 Å². The number of amides is 1. The number of hydrogen-bond acceptors (Lipinski definition) is 3. The number of anilines is 1. The minimum Gasteiger partial charge on any atom is -0.396 e. The number of aliphatic hydroxyl groups excluding tert-OH is 1. The van der Waals surface area contributed by atoms with E-state index in [9.17, 15) is 9.90 Å². The first-order chi connectivity index (χ1) is 9.03. The maximum atomic E-state index is 11.2. The van der Waals surface area contributed by atoms with Gasteiger partial charge >= 0.3 is 0 Å². The van der Waals surface area contributed by atoms with Crippen LogP contribution in [0.25, 0.3) is 0 Å². The summed E-state index contributed by atoms with van der Waals surface area (Å²) >= 11 is 0. The molecule has 4 heteroatoms. The van der Waals surface area contributed by atoms with E-state index < -0.39 is 0 Å². The van der Waals surface area contributed by atoms with Crippen molar-refractivity contribution in [3.05, 3.63) is 29.8 Å². The molecule has 106 valence electrons. The minimum atomic E-state index is -0.0965. The molecule has 0 fully saturated rings. The zero-order chi connectivity index (χ0) is 14.3. The van der Waals surface area contributed by atoms with E-state index in [1.54, 1.807) is 7.05 Å². The third-order valence-corrected chi connectivity index (χ3v) is 3.55. The van der Waals surface area contributed by atoms with Crippen LogP contribution >= 0.6 is 0 Å². The average molecular weight is 264 g/mol. The third kappa shape index (κ3) is 4.91. The van der Waals surface area contributed by atoms with Crippen molar-refractivity contribution in [1.29, 1.82) is 0 Å². The Labute approximate surface area is 115 Å². The number of hydrogen-bond donors (Lipinski definition) is 3. The van der Waals surface area contributed by atoms with Crippen LogP contribution in [0, 0.1) is 5.41 Å². The molecule has 1 amide bonds. The van der Waals surface area contributed by atoms with Crippen molar-refractivity contribution in [2.45, 2.75) is 26.7 Å². The van der Waals surface area contributed by atoms with Crippen LogP contribution in [0.15, 0.2) is 24.3 Å². The molecule has 1 aromatic rings. The van der Waals surface area contributed by atoms with Crippen molar-refractivity contribution in [2.75, 3.05) is 25.5 Å². The molecule has 0 heterocycles. The van der Waals surface area contributed by atoms with Crippen molar-refractivity contribution in [1.82, 2.24) is 5.32 Å². The molecule has 19 heavy (non-hydrogen) atoms. The molecule has 0 saturated heterocycles. The van der Waals surface area contributed by atoms with Gasteiger partial charge in [-0.1, -0.05) is 26.0 Å². The van der Waals surface area contributed by atoms with Gasteiger partial charge in [0.05, 0.1) is 13.0 Å². The van der Waals surface area contributed by atoms with Gasteiger partial charge in [0.2, 0.25) is 5.91 Å². The summed E-state index contributed by atoms with van der Waals surface area (Å²) in [5.74, 6) is 0.0135. The van der Waals surface area contributed by atoms with Crippen LogP contribution in [0.1, 0.15) is 25.8 Å². The molecule has 0 saturated carbocycles. The van der Waals surface area contributed by atoms with Gasteiger partial charge in [0.1, 0.15) is 0 Å². The molecule has 1 atom stereocenters. The fourth-order valence-electron chi connectivity index (χ4n) is 1.62. The molecule has 1 unspecified atom stereocenters. The second-order valence-corrected chi connectivity index (χ2v) is 5.22. The predicted molar refractivity (Wildman–Crippen MR) is 78.2 cm³/mol. The molecule has 0 aliphatic rings. The second-order valence-electron chi connectivity index (χ2n) is 5.22. The Morgan fingerprint density at radius 1 is 1.32 bits per heavy atom. The van der Waals surface area contributed by atoms with Crippen molar-refractivity contribution < 1.29 is 9.90 Å². The standard InChI is InChI=1S/C15H24N2O2/c1-4-15(2,11-18)10-17-13-7-5-12(6-8-13)9-14(19)16-3/h5-8,17-18H,4,9-11H2,1-3H3,(H,16,19). The largest absolute Gasteiger partial charge is 0.396 e. The summed E-state index contributed by atoms with van der Waals surface area (Å²) in [4.78, 5) is 11.2. The van der Waals surface area contributed by atoms with E-state index in [-0.39, 0.29) is 17.9 Å². The lowest BCUT2D eigenvalue weighted by Crippen LogP contribution is -2.29. The maximum absolute atomic E-state index is 11.2. The number of aliphatic hydroxyl groups is 1. The molecule has 4 nitrogen and oxygen atoms in total. The van der Waals surface area contributed by atoms with Gasteiger partial charge in [-0.3, -0.25) is 4.79 Å². The first-order valence-electron chi connectivity index (χ1n) is 6.67. The van der Waals surface area contributed by atoms with Gasteiger partial charge in [0, 0.05) is 24.7 Å². The Morgan fingerprint density at radius 2 is 1.95 bits per heavy atom. The molecule has 0 radical (unpaired) electrons. The van der Waals surface area contributed by atoms with Crippen LogP contribution in [0.4, 0.5) is 5.69 Å². The van der Waals surface area contributed by atoms with Crippen LogP contribution in [0.2, 0.25) is 0 Å². The topological polar surface area (TPSA) is 61.4 Å². The normalized spacial score (nSPS) is 13.7. The molecule has 0 aliphatic heterocycles. The van der Waals surface area contributed by atoms with E-state index in [0.29, 0.717) is 6.42 Å². The molecule has 0 aromatic heterocycles. The molecule has 0 spiro atoms. The van der Waals surface area contributed by atoms with Crippen LogP contribution in [-0.4, -0.2) is 31.2 Å². The highest BCUT2D eigenvalue weighted by atomic mass is 16.3. The van der Waals surface area contributed by atoms with Gasteiger partial charge < -0.3 is 15.7 Å². The number of nitrogens with one attached hydrogen (secondary N) is 2. The van der Waals surface area contributed by atoms with Crippen molar-refractivity contribution in [3.8, 4) is 0 Å². The number of likely N-dealkylation sites (N-methyl/N-ethyl adjacent to an activating group) is 1. The summed E-state index contributed by atoms with van der Waals surface area (Å²) in [5.41, 5.74) is 1.90. The lowest BCUT2D eigenvalue weighted by Gasteiger charge is -2.26. The van der Waals surface area contributed by atoms with Gasteiger partial charge in [-0.15, -0.1) is 0 Å². The van der Waals surface area contributed by atoms with E-state index in [2.05, 4.69) is 24.5 Å². The van der Waals surface area contributed by atoms with E-state index in [1.807, 2.05) is 24.3 Å². The highest BCUT2D eigenvalue weighted by Crippen LogP contribution is 2.21. The monoisotopic (exact) mass is 264 g/mol. The fourth-order valence-corrected chi connectivity index (χ4v) is 1.62. The molecule has 0 bridgehead atoms. The SMILES string of the molecule is CCC(C)(CO)CNc1ccc(CC(=O)NC)cc1. The van der Waals surface area contributed by atoms with Crippen LogP contribution in [0.5, 0.6) is 0 Å². The van der Waals surface area contributed by atoms with Gasteiger partial charge in [0.15, 0.2) is 0 Å². The highest BCUT2D eigenvalue weighted by Gasteiger charge is 2.20. The Balaban J connectivity index is 2.55. The first-order valence-corrected chi connectivity index (χ1v) is 6.67. The summed E-state index contributed by atoms with van der Waals surface area (Å²) in [5, 5.41) is 15.3. The fraction of sp³-hybridized carbons (Fsp3) is 0.533. The molecule has 1 aromatic carbocycles. The average Bonchev–Trinajstić information content (AvgIpc) is 2.46. The lowest BCUT2D eigenvalue weighted by atomic mass is 9.88. The summed E-state index contributed by atoms with van der Waals surface area (Å²) in [6.45, 7) is 5.03. The van der Waals surface area contributed by atoms with E-state index in [0.717, 1.165) is 24.2 Å². The van der Waals surface area contributed by atoms with Crippen molar-refractivity contribution >= 4 is 11.6 Å². The Bertz CT molecular complexity index is 397. The summed E-state index contributed by atoms with van der Waals surface area (Å²) in [6, 6.07) is 7.82. The van der Waals surface area contributed by atoms with Gasteiger partial charge in [0.25, 0.3) is 0 Å². The quantitative estimate of drug-likeness (QED) is 0.703. The lowest BCUT2D eigenvalue weighted by molar-refractivity contribution is -0.119. The molecule has 0 aliphatic carbocycles. The van der Waals surface area contributed by atoms with Crippen LogP contribution < -0.4 is 10.6 Å². The zero-order valence-electron chi connectivity index (χ0n) is 12.0. The number of carbonyl (C=O) groups is 1. The Kier molecular flexibility index (Phi) is 5.83. The number of rotatable bonds is 7. The highest BCUT2D eigenvalue weighted by molar-refractivity contribution is 5.78. The summed E-state index contributed by atoms with van der Waals surface area (Å²) in [7, 11) is 1.64. The summed E-state index contributed by atoms with van der Waals surface area (Å²) in [6.07, 6.45) is 1.32. The van der Waals surface area contributed by atoms with Crippen LogP contribution in [0.3, 0.4) is 0 Å².